The highest BCUT2D eigenvalue weighted by Gasteiger charge is 2.23. The molecule has 1 rings (SSSR count). The van der Waals surface area contributed by atoms with Gasteiger partial charge in [0.1, 0.15) is 0 Å². The highest BCUT2D eigenvalue weighted by Crippen LogP contribution is 2.12. The van der Waals surface area contributed by atoms with Crippen molar-refractivity contribution in [3.63, 3.8) is 0 Å². The maximum atomic E-state index is 3.74. The van der Waals surface area contributed by atoms with Crippen LogP contribution in [0.15, 0.2) is 12.7 Å². The van der Waals surface area contributed by atoms with Crippen LogP contribution in [0.3, 0.4) is 0 Å². The Labute approximate surface area is 62.7 Å². The molecule has 1 aliphatic rings. The minimum Gasteiger partial charge on any atom is -0.315 e. The van der Waals surface area contributed by atoms with E-state index in [1.54, 1.807) is 0 Å². The van der Waals surface area contributed by atoms with E-state index in [1.165, 1.54) is 0 Å². The Morgan fingerprint density at radius 1 is 1.70 bits per heavy atom. The predicted molar refractivity (Wildman–Crippen MR) is 44.0 cm³/mol. The summed E-state index contributed by atoms with van der Waals surface area (Å²) in [4.78, 5) is 0. The molecule has 1 saturated heterocycles. The average molecular weight is 140 g/mol. The van der Waals surface area contributed by atoms with Crippen molar-refractivity contribution in [2.24, 2.45) is 5.92 Å². The SMILES string of the molecule is C=CCC1CNCC1NC. The van der Waals surface area contributed by atoms with E-state index in [-0.39, 0.29) is 0 Å². The summed E-state index contributed by atoms with van der Waals surface area (Å²) in [7, 11) is 2.02. The van der Waals surface area contributed by atoms with Crippen LogP contribution in [0.25, 0.3) is 0 Å². The van der Waals surface area contributed by atoms with Gasteiger partial charge in [-0.15, -0.1) is 6.58 Å². The molecule has 2 N–H and O–H groups in total. The van der Waals surface area contributed by atoms with E-state index in [4.69, 9.17) is 0 Å². The summed E-state index contributed by atoms with van der Waals surface area (Å²) < 4.78 is 0. The molecule has 2 unspecified atom stereocenters. The number of rotatable bonds is 3. The Morgan fingerprint density at radius 2 is 2.50 bits per heavy atom. The van der Waals surface area contributed by atoms with E-state index in [1.807, 2.05) is 13.1 Å². The predicted octanol–water partition coefficient (Wildman–Crippen LogP) is 0.370. The molecule has 0 aliphatic carbocycles. The first-order chi connectivity index (χ1) is 4.88. The molecule has 0 radical (unpaired) electrons. The molecule has 1 aliphatic heterocycles. The first-order valence-electron chi connectivity index (χ1n) is 3.87. The number of allylic oxidation sites excluding steroid dienone is 1. The van der Waals surface area contributed by atoms with Crippen LogP contribution in [-0.2, 0) is 0 Å². The van der Waals surface area contributed by atoms with Crippen LogP contribution >= 0.6 is 0 Å². The quantitative estimate of drug-likeness (QED) is 0.553. The lowest BCUT2D eigenvalue weighted by Gasteiger charge is -2.14. The van der Waals surface area contributed by atoms with Gasteiger partial charge in [0.05, 0.1) is 0 Å². The van der Waals surface area contributed by atoms with Gasteiger partial charge in [-0.05, 0) is 25.9 Å². The minimum atomic E-state index is 0.651. The van der Waals surface area contributed by atoms with Gasteiger partial charge in [0, 0.05) is 12.6 Å². The summed E-state index contributed by atoms with van der Waals surface area (Å²) in [6.45, 7) is 5.98. The van der Waals surface area contributed by atoms with Crippen LogP contribution in [0, 0.1) is 5.92 Å². The zero-order chi connectivity index (χ0) is 7.40. The molecular weight excluding hydrogens is 124 g/mol. The average Bonchev–Trinajstić information content (AvgIpc) is 2.36. The first kappa shape index (κ1) is 7.76. The zero-order valence-corrected chi connectivity index (χ0v) is 6.56. The van der Waals surface area contributed by atoms with Gasteiger partial charge in [0.2, 0.25) is 0 Å². The van der Waals surface area contributed by atoms with Crippen molar-refractivity contribution in [2.75, 3.05) is 20.1 Å². The lowest BCUT2D eigenvalue weighted by atomic mass is 10.0. The van der Waals surface area contributed by atoms with Gasteiger partial charge in [-0.1, -0.05) is 6.08 Å². The lowest BCUT2D eigenvalue weighted by Crippen LogP contribution is -2.32. The van der Waals surface area contributed by atoms with Gasteiger partial charge in [-0.2, -0.15) is 0 Å². The van der Waals surface area contributed by atoms with E-state index in [0.29, 0.717) is 6.04 Å². The number of likely N-dealkylation sites (N-methyl/N-ethyl adjacent to an activating group) is 1. The van der Waals surface area contributed by atoms with Gasteiger partial charge in [0.25, 0.3) is 0 Å². The fraction of sp³-hybridized carbons (Fsp3) is 0.750. The largest absolute Gasteiger partial charge is 0.315 e. The molecule has 2 nitrogen and oxygen atoms in total. The second kappa shape index (κ2) is 3.74. The van der Waals surface area contributed by atoms with Crippen LogP contribution in [0.4, 0.5) is 0 Å². The van der Waals surface area contributed by atoms with E-state index in [0.717, 1.165) is 25.4 Å². The molecule has 1 fully saturated rings. The maximum absolute atomic E-state index is 3.74. The molecule has 0 aromatic heterocycles. The molecule has 0 aromatic rings. The lowest BCUT2D eigenvalue weighted by molar-refractivity contribution is 0.460. The fourth-order valence-electron chi connectivity index (χ4n) is 1.53. The van der Waals surface area contributed by atoms with Crippen LogP contribution in [0.2, 0.25) is 0 Å². The standard InChI is InChI=1S/C8H16N2/c1-3-4-7-5-10-6-8(7)9-2/h3,7-10H,1,4-6H2,2H3. The molecular formula is C8H16N2. The van der Waals surface area contributed by atoms with E-state index in [9.17, 15) is 0 Å². The summed E-state index contributed by atoms with van der Waals surface area (Å²) in [5, 5.41) is 6.64. The third-order valence-electron chi connectivity index (χ3n) is 2.18. The summed E-state index contributed by atoms with van der Waals surface area (Å²) >= 11 is 0. The van der Waals surface area contributed by atoms with Gasteiger partial charge in [-0.3, -0.25) is 0 Å². The second-order valence-corrected chi connectivity index (χ2v) is 2.84. The van der Waals surface area contributed by atoms with E-state index >= 15 is 0 Å². The van der Waals surface area contributed by atoms with Crippen LogP contribution in [0.5, 0.6) is 0 Å². The Morgan fingerprint density at radius 3 is 3.10 bits per heavy atom. The summed E-state index contributed by atoms with van der Waals surface area (Å²) in [5.41, 5.74) is 0. The van der Waals surface area contributed by atoms with Crippen molar-refractivity contribution >= 4 is 0 Å². The molecule has 0 amide bonds. The first-order valence-corrected chi connectivity index (χ1v) is 3.87. The monoisotopic (exact) mass is 140 g/mol. The minimum absolute atomic E-state index is 0.651. The molecule has 0 spiro atoms. The number of hydrogen-bond acceptors (Lipinski definition) is 2. The molecule has 58 valence electrons. The van der Waals surface area contributed by atoms with Crippen molar-refractivity contribution in [2.45, 2.75) is 12.5 Å². The van der Waals surface area contributed by atoms with Crippen molar-refractivity contribution in [1.82, 2.24) is 10.6 Å². The van der Waals surface area contributed by atoms with Crippen molar-refractivity contribution in [1.29, 1.82) is 0 Å². The van der Waals surface area contributed by atoms with E-state index in [2.05, 4.69) is 17.2 Å². The smallest absolute Gasteiger partial charge is 0.0232 e. The van der Waals surface area contributed by atoms with Gasteiger partial charge < -0.3 is 10.6 Å². The van der Waals surface area contributed by atoms with Crippen LogP contribution < -0.4 is 10.6 Å². The summed E-state index contributed by atoms with van der Waals surface area (Å²) in [6, 6.07) is 0.651. The summed E-state index contributed by atoms with van der Waals surface area (Å²) in [5.74, 6) is 0.752. The normalized spacial score (nSPS) is 32.5. The van der Waals surface area contributed by atoms with Gasteiger partial charge in [-0.25, -0.2) is 0 Å². The Balaban J connectivity index is 2.34. The molecule has 10 heavy (non-hydrogen) atoms. The highest BCUT2D eigenvalue weighted by atomic mass is 15.0. The molecule has 2 heteroatoms. The van der Waals surface area contributed by atoms with Crippen molar-refractivity contribution in [3.05, 3.63) is 12.7 Å². The van der Waals surface area contributed by atoms with Crippen molar-refractivity contribution < 1.29 is 0 Å². The Hall–Kier alpha value is -0.340. The third kappa shape index (κ3) is 1.58. The third-order valence-corrected chi connectivity index (χ3v) is 2.18. The van der Waals surface area contributed by atoms with Crippen molar-refractivity contribution in [3.8, 4) is 0 Å². The molecule has 0 saturated carbocycles. The molecule has 0 aromatic carbocycles. The fourth-order valence-corrected chi connectivity index (χ4v) is 1.53. The topological polar surface area (TPSA) is 24.1 Å². The highest BCUT2D eigenvalue weighted by molar-refractivity contribution is 4.89. The maximum Gasteiger partial charge on any atom is 0.0232 e. The van der Waals surface area contributed by atoms with Gasteiger partial charge >= 0.3 is 0 Å². The van der Waals surface area contributed by atoms with E-state index < -0.39 is 0 Å². The summed E-state index contributed by atoms with van der Waals surface area (Å²) in [6.07, 6.45) is 3.13. The van der Waals surface area contributed by atoms with Crippen LogP contribution in [0.1, 0.15) is 6.42 Å². The second-order valence-electron chi connectivity index (χ2n) is 2.84. The zero-order valence-electron chi connectivity index (χ0n) is 6.56. The van der Waals surface area contributed by atoms with Crippen LogP contribution in [-0.4, -0.2) is 26.2 Å². The molecule has 2 atom stereocenters. The number of nitrogens with one attached hydrogen (secondary N) is 2. The van der Waals surface area contributed by atoms with Gasteiger partial charge in [0.15, 0.2) is 0 Å². The molecule has 1 heterocycles. The Kier molecular flexibility index (Phi) is 2.90. The number of hydrogen-bond donors (Lipinski definition) is 2. The Bertz CT molecular complexity index is 112. The molecule has 0 bridgehead atoms.